The van der Waals surface area contributed by atoms with E-state index in [-0.39, 0.29) is 11.2 Å². The van der Waals surface area contributed by atoms with E-state index in [4.69, 9.17) is 10.5 Å². The molecular formula is C25H24BrN3O2. The van der Waals surface area contributed by atoms with Gasteiger partial charge in [-0.05, 0) is 53.8 Å². The minimum Gasteiger partial charge on any atom is -0.497 e. The van der Waals surface area contributed by atoms with Crippen molar-refractivity contribution >= 4 is 27.4 Å². The first-order valence-electron chi connectivity index (χ1n) is 10.1. The number of allylic oxidation sites excluding steroid dienone is 3. The Labute approximate surface area is 190 Å². The third kappa shape index (κ3) is 3.75. The molecule has 0 amide bonds. The maximum atomic E-state index is 13.5. The van der Waals surface area contributed by atoms with E-state index in [0.29, 0.717) is 29.8 Å². The van der Waals surface area contributed by atoms with Gasteiger partial charge >= 0.3 is 0 Å². The number of benzene rings is 2. The van der Waals surface area contributed by atoms with Gasteiger partial charge in [0.2, 0.25) is 0 Å². The van der Waals surface area contributed by atoms with Gasteiger partial charge in [0.15, 0.2) is 5.78 Å². The summed E-state index contributed by atoms with van der Waals surface area (Å²) in [6.07, 6.45) is 1.13. The molecule has 4 rings (SSSR count). The van der Waals surface area contributed by atoms with Gasteiger partial charge in [-0.25, -0.2) is 0 Å². The number of methoxy groups -OCH3 is 1. The molecule has 0 fully saturated rings. The number of anilines is 1. The Morgan fingerprint density at radius 2 is 1.77 bits per heavy atom. The second-order valence-corrected chi connectivity index (χ2v) is 9.65. The molecule has 2 N–H and O–H groups in total. The van der Waals surface area contributed by atoms with Gasteiger partial charge < -0.3 is 10.5 Å². The fourth-order valence-electron chi connectivity index (χ4n) is 4.52. The SMILES string of the molecule is COc1ccc([C@@H]2C(C#N)=C(N)N(c3ccc(Br)cc3)C3=C2C(=O)CC(C)(C)C3)cc1. The van der Waals surface area contributed by atoms with Crippen molar-refractivity contribution in [2.45, 2.75) is 32.6 Å². The highest BCUT2D eigenvalue weighted by Gasteiger charge is 2.44. The Bertz CT molecular complexity index is 1140. The first-order valence-corrected chi connectivity index (χ1v) is 10.9. The van der Waals surface area contributed by atoms with E-state index < -0.39 is 5.92 Å². The Morgan fingerprint density at radius 1 is 1.13 bits per heavy atom. The Balaban J connectivity index is 1.96. The summed E-state index contributed by atoms with van der Waals surface area (Å²) in [6, 6.07) is 17.5. The molecule has 0 aromatic heterocycles. The monoisotopic (exact) mass is 477 g/mol. The lowest BCUT2D eigenvalue weighted by molar-refractivity contribution is -0.118. The lowest BCUT2D eigenvalue weighted by Crippen LogP contribution is -2.42. The van der Waals surface area contributed by atoms with Crippen LogP contribution in [0.2, 0.25) is 0 Å². The zero-order chi connectivity index (χ0) is 22.3. The van der Waals surface area contributed by atoms with E-state index in [1.165, 1.54) is 0 Å². The van der Waals surface area contributed by atoms with Crippen molar-refractivity contribution in [3.63, 3.8) is 0 Å². The van der Waals surface area contributed by atoms with Crippen LogP contribution >= 0.6 is 15.9 Å². The summed E-state index contributed by atoms with van der Waals surface area (Å²) < 4.78 is 6.22. The van der Waals surface area contributed by atoms with Crippen molar-refractivity contribution in [2.75, 3.05) is 12.0 Å². The van der Waals surface area contributed by atoms with Gasteiger partial charge in [0.05, 0.1) is 24.7 Å². The maximum Gasteiger partial charge on any atom is 0.162 e. The highest BCUT2D eigenvalue weighted by molar-refractivity contribution is 9.10. The van der Waals surface area contributed by atoms with Crippen LogP contribution in [0.3, 0.4) is 0 Å². The van der Waals surface area contributed by atoms with Gasteiger partial charge in [-0.2, -0.15) is 5.26 Å². The lowest BCUT2D eigenvalue weighted by atomic mass is 9.68. The number of nitrogens with two attached hydrogens (primary N) is 1. The van der Waals surface area contributed by atoms with Crippen molar-refractivity contribution in [1.29, 1.82) is 5.26 Å². The first-order chi connectivity index (χ1) is 14.8. The molecule has 1 aliphatic carbocycles. The number of ketones is 1. The summed E-state index contributed by atoms with van der Waals surface area (Å²) in [5.74, 6) is 0.669. The second kappa shape index (κ2) is 7.90. The predicted molar refractivity (Wildman–Crippen MR) is 124 cm³/mol. The summed E-state index contributed by atoms with van der Waals surface area (Å²) in [7, 11) is 1.61. The van der Waals surface area contributed by atoms with Gasteiger partial charge in [0, 0.05) is 27.9 Å². The van der Waals surface area contributed by atoms with E-state index >= 15 is 0 Å². The molecule has 2 aliphatic rings. The van der Waals surface area contributed by atoms with Crippen molar-refractivity contribution in [3.8, 4) is 11.8 Å². The molecule has 0 saturated carbocycles. The molecule has 1 heterocycles. The van der Waals surface area contributed by atoms with Crippen LogP contribution in [0.1, 0.15) is 38.2 Å². The van der Waals surface area contributed by atoms with Crippen molar-refractivity contribution < 1.29 is 9.53 Å². The normalized spacial score (nSPS) is 20.4. The molecule has 0 unspecified atom stereocenters. The minimum absolute atomic E-state index is 0.0643. The number of carbonyl (C=O) groups excluding carboxylic acids is 1. The van der Waals surface area contributed by atoms with E-state index in [1.807, 2.05) is 53.4 Å². The van der Waals surface area contributed by atoms with Crippen LogP contribution in [0.4, 0.5) is 5.69 Å². The van der Waals surface area contributed by atoms with Crippen LogP contribution in [0.25, 0.3) is 0 Å². The smallest absolute Gasteiger partial charge is 0.162 e. The zero-order valence-corrected chi connectivity index (χ0v) is 19.4. The second-order valence-electron chi connectivity index (χ2n) is 8.73. The van der Waals surface area contributed by atoms with Crippen LogP contribution in [0, 0.1) is 16.7 Å². The predicted octanol–water partition coefficient (Wildman–Crippen LogP) is 5.40. The largest absolute Gasteiger partial charge is 0.497 e. The van der Waals surface area contributed by atoms with Crippen LogP contribution in [-0.4, -0.2) is 12.9 Å². The number of hydrogen-bond acceptors (Lipinski definition) is 5. The maximum absolute atomic E-state index is 13.5. The number of carbonyl (C=O) groups is 1. The van der Waals surface area contributed by atoms with Gasteiger partial charge in [0.1, 0.15) is 11.6 Å². The highest BCUT2D eigenvalue weighted by Crippen LogP contribution is 2.50. The lowest BCUT2D eigenvalue weighted by Gasteiger charge is -2.43. The fourth-order valence-corrected chi connectivity index (χ4v) is 4.79. The molecule has 0 radical (unpaired) electrons. The molecular weight excluding hydrogens is 454 g/mol. The van der Waals surface area contributed by atoms with Crippen molar-refractivity contribution in [3.05, 3.63) is 81.2 Å². The van der Waals surface area contributed by atoms with Crippen molar-refractivity contribution in [1.82, 2.24) is 0 Å². The van der Waals surface area contributed by atoms with Gasteiger partial charge in [0.25, 0.3) is 0 Å². The molecule has 6 heteroatoms. The number of halogens is 1. The first kappa shape index (κ1) is 21.2. The Kier molecular flexibility index (Phi) is 5.40. The number of nitriles is 1. The van der Waals surface area contributed by atoms with E-state index in [9.17, 15) is 10.1 Å². The molecule has 2 aromatic carbocycles. The summed E-state index contributed by atoms with van der Waals surface area (Å²) >= 11 is 3.47. The van der Waals surface area contributed by atoms with Crippen molar-refractivity contribution in [2.24, 2.45) is 11.1 Å². The topological polar surface area (TPSA) is 79.3 Å². The van der Waals surface area contributed by atoms with Crippen LogP contribution in [0.5, 0.6) is 5.75 Å². The van der Waals surface area contributed by atoms with E-state index in [2.05, 4.69) is 35.8 Å². The number of ether oxygens (including phenoxy) is 1. The average molecular weight is 478 g/mol. The van der Waals surface area contributed by atoms with E-state index in [0.717, 1.165) is 27.2 Å². The molecule has 0 spiro atoms. The summed E-state index contributed by atoms with van der Waals surface area (Å²) in [6.45, 7) is 4.19. The number of hydrogen-bond donors (Lipinski definition) is 1. The third-order valence-electron chi connectivity index (χ3n) is 5.91. The quantitative estimate of drug-likeness (QED) is 0.639. The molecule has 31 heavy (non-hydrogen) atoms. The molecule has 158 valence electrons. The molecule has 2 aromatic rings. The van der Waals surface area contributed by atoms with E-state index in [1.54, 1.807) is 7.11 Å². The highest BCUT2D eigenvalue weighted by atomic mass is 79.9. The molecule has 5 nitrogen and oxygen atoms in total. The molecule has 1 atom stereocenters. The third-order valence-corrected chi connectivity index (χ3v) is 6.44. The van der Waals surface area contributed by atoms with Crippen LogP contribution < -0.4 is 15.4 Å². The molecule has 0 saturated heterocycles. The Morgan fingerprint density at radius 3 is 2.35 bits per heavy atom. The number of nitrogens with zero attached hydrogens (tertiary/aromatic N) is 2. The fraction of sp³-hybridized carbons (Fsp3) is 0.280. The molecule has 0 bridgehead atoms. The summed E-state index contributed by atoms with van der Waals surface area (Å²) in [5.41, 5.74) is 10.1. The van der Waals surface area contributed by atoms with Gasteiger partial charge in [-0.15, -0.1) is 0 Å². The average Bonchev–Trinajstić information content (AvgIpc) is 2.73. The van der Waals surface area contributed by atoms with Gasteiger partial charge in [-0.3, -0.25) is 9.69 Å². The summed E-state index contributed by atoms with van der Waals surface area (Å²) in [4.78, 5) is 15.3. The Hall–Kier alpha value is -3.04. The van der Waals surface area contributed by atoms with Crippen LogP contribution in [-0.2, 0) is 4.79 Å². The number of Topliss-reactive ketones (excluding diaryl/α,β-unsaturated/α-hetero) is 1. The standard InChI is InChI=1S/C25H24BrN3O2/c1-25(2)12-20-23(21(30)13-25)22(15-4-10-18(31-3)11-5-15)19(14-27)24(28)29(20)17-8-6-16(26)7-9-17/h4-11,22H,12-13,28H2,1-3H3/t22-/m1/s1. The van der Waals surface area contributed by atoms with Gasteiger partial charge in [-0.1, -0.05) is 41.9 Å². The molecule has 1 aliphatic heterocycles. The minimum atomic E-state index is -0.485. The summed E-state index contributed by atoms with van der Waals surface area (Å²) in [5, 5.41) is 10.1. The number of rotatable bonds is 3. The zero-order valence-electron chi connectivity index (χ0n) is 17.8. The van der Waals surface area contributed by atoms with Crippen LogP contribution in [0.15, 0.2) is 75.7 Å².